The Bertz CT molecular complexity index is 761. The minimum atomic E-state index is 0.00632. The van der Waals surface area contributed by atoms with Gasteiger partial charge < -0.3 is 0 Å². The van der Waals surface area contributed by atoms with Crippen LogP contribution in [0, 0.1) is 0 Å². The lowest BCUT2D eigenvalue weighted by Gasteiger charge is -2.20. The Kier molecular flexibility index (Phi) is 4.03. The van der Waals surface area contributed by atoms with Gasteiger partial charge in [-0.15, -0.1) is 0 Å². The van der Waals surface area contributed by atoms with E-state index in [4.69, 9.17) is 0 Å². The third-order valence-electron chi connectivity index (χ3n) is 4.98. The van der Waals surface area contributed by atoms with Gasteiger partial charge >= 0.3 is 0 Å². The number of hydrogen-bond acceptors (Lipinski definition) is 2. The Morgan fingerprint density at radius 2 is 1.74 bits per heavy atom. The third-order valence-corrected chi connectivity index (χ3v) is 4.98. The first kappa shape index (κ1) is 15.5. The van der Waals surface area contributed by atoms with Crippen LogP contribution in [-0.4, -0.2) is 30.6 Å². The maximum absolute atomic E-state index is 4.68. The van der Waals surface area contributed by atoms with Gasteiger partial charge in [-0.05, 0) is 25.5 Å². The van der Waals surface area contributed by atoms with Crippen molar-refractivity contribution >= 4 is 23.3 Å². The topological polar surface area (TPSA) is 18.6 Å². The molecule has 0 amide bonds. The van der Waals surface area contributed by atoms with Crippen molar-refractivity contribution in [3.63, 3.8) is 0 Å². The van der Waals surface area contributed by atoms with Crippen LogP contribution in [0.25, 0.3) is 0 Å². The predicted molar refractivity (Wildman–Crippen MR) is 98.3 cm³/mol. The third kappa shape index (κ3) is 2.56. The lowest BCUT2D eigenvalue weighted by molar-refractivity contribution is -0.400. The molecule has 0 fully saturated rings. The maximum atomic E-state index is 4.68. The summed E-state index contributed by atoms with van der Waals surface area (Å²) in [6.45, 7) is 4.55. The summed E-state index contributed by atoms with van der Waals surface area (Å²) in [5.74, 6) is 0. The van der Waals surface area contributed by atoms with Gasteiger partial charge in [0.15, 0.2) is 0 Å². The van der Waals surface area contributed by atoms with Crippen molar-refractivity contribution in [1.29, 1.82) is 0 Å². The molecule has 0 N–H and O–H groups in total. The molecule has 0 saturated carbocycles. The number of hydrogen-bond donors (Lipinski definition) is 0. The molecule has 1 aliphatic rings. The Hall–Kier alpha value is -2.42. The first-order valence-electron chi connectivity index (χ1n) is 8.11. The Balaban J connectivity index is 1.96. The van der Waals surface area contributed by atoms with Crippen LogP contribution in [0.3, 0.4) is 0 Å². The molecular formula is C20H24N3+. The van der Waals surface area contributed by atoms with E-state index in [9.17, 15) is 0 Å². The first-order valence-corrected chi connectivity index (χ1v) is 8.11. The van der Waals surface area contributed by atoms with Crippen LogP contribution in [0.4, 0.5) is 11.4 Å². The number of para-hydroxylation sites is 2. The summed E-state index contributed by atoms with van der Waals surface area (Å²) in [5, 5.41) is 6.60. The van der Waals surface area contributed by atoms with Crippen molar-refractivity contribution in [2.75, 3.05) is 19.1 Å². The molecule has 3 heteroatoms. The average molecular weight is 306 g/mol. The van der Waals surface area contributed by atoms with E-state index in [1.807, 2.05) is 36.5 Å². The first-order chi connectivity index (χ1) is 11.1. The summed E-state index contributed by atoms with van der Waals surface area (Å²) in [5.41, 5.74) is 4.99. The van der Waals surface area contributed by atoms with Gasteiger partial charge in [-0.25, -0.2) is 0 Å². The largest absolute Gasteiger partial charge is 0.268 e. The van der Waals surface area contributed by atoms with Crippen LogP contribution in [0.5, 0.6) is 0 Å². The van der Waals surface area contributed by atoms with Gasteiger partial charge in [-0.1, -0.05) is 43.3 Å². The average Bonchev–Trinajstić information content (AvgIpc) is 2.82. The van der Waals surface area contributed by atoms with Crippen LogP contribution in [-0.2, 0) is 5.41 Å². The summed E-state index contributed by atoms with van der Waals surface area (Å²) in [6.07, 6.45) is 3.06. The fraction of sp³-hybridized carbons (Fsp3) is 0.300. The summed E-state index contributed by atoms with van der Waals surface area (Å²) in [6, 6.07) is 18.8. The number of nitrogens with zero attached hydrogens (tertiary/aromatic N) is 3. The quantitative estimate of drug-likeness (QED) is 0.470. The molecule has 0 bridgehead atoms. The zero-order chi connectivity index (χ0) is 16.4. The van der Waals surface area contributed by atoms with E-state index in [2.05, 4.69) is 67.0 Å². The van der Waals surface area contributed by atoms with Gasteiger partial charge in [0.1, 0.15) is 13.3 Å². The molecule has 2 aromatic rings. The second-order valence-electron chi connectivity index (χ2n) is 6.25. The minimum Gasteiger partial charge on any atom is -0.268 e. The van der Waals surface area contributed by atoms with Crippen LogP contribution in [0.1, 0.15) is 25.8 Å². The molecule has 1 aliphatic heterocycles. The van der Waals surface area contributed by atoms with Gasteiger partial charge in [-0.2, -0.15) is 9.68 Å². The van der Waals surface area contributed by atoms with Crippen LogP contribution >= 0.6 is 0 Å². The van der Waals surface area contributed by atoms with Gasteiger partial charge in [-0.3, -0.25) is 5.01 Å². The Morgan fingerprint density at radius 1 is 1.09 bits per heavy atom. The highest BCUT2D eigenvalue weighted by Crippen LogP contribution is 2.40. The molecule has 23 heavy (non-hydrogen) atoms. The standard InChI is InChI=1S/C20H24N3/c1-5-20(2)17-13-9-10-14-18(17)22(3)19(20)15-21-23(4)16-11-7-6-8-12-16/h6-15H,5H2,1-4H3/q+1. The fourth-order valence-corrected chi connectivity index (χ4v) is 3.32. The summed E-state index contributed by atoms with van der Waals surface area (Å²) in [4.78, 5) is 0. The van der Waals surface area contributed by atoms with Gasteiger partial charge in [0.25, 0.3) is 0 Å². The molecular weight excluding hydrogens is 282 g/mol. The van der Waals surface area contributed by atoms with Crippen molar-refractivity contribution < 1.29 is 4.58 Å². The summed E-state index contributed by atoms with van der Waals surface area (Å²) < 4.78 is 2.27. The van der Waals surface area contributed by atoms with E-state index in [1.165, 1.54) is 17.0 Å². The molecule has 0 radical (unpaired) electrons. The molecule has 3 rings (SSSR count). The number of fused-ring (bicyclic) bond motifs is 1. The molecule has 0 spiro atoms. The van der Waals surface area contributed by atoms with Crippen molar-refractivity contribution in [3.8, 4) is 0 Å². The Labute approximate surface area is 138 Å². The maximum Gasteiger partial charge on any atom is 0.212 e. The van der Waals surface area contributed by atoms with Crippen molar-refractivity contribution in [1.82, 2.24) is 0 Å². The highest BCUT2D eigenvalue weighted by molar-refractivity contribution is 6.33. The van der Waals surface area contributed by atoms with Gasteiger partial charge in [0, 0.05) is 18.7 Å². The monoisotopic (exact) mass is 306 g/mol. The van der Waals surface area contributed by atoms with Crippen molar-refractivity contribution in [2.45, 2.75) is 25.7 Å². The van der Waals surface area contributed by atoms with Crippen LogP contribution < -0.4 is 5.01 Å². The SMILES string of the molecule is CCC1(C)C(C=NN(C)c2ccccc2)=[N+](C)c2ccccc21. The highest BCUT2D eigenvalue weighted by Gasteiger charge is 2.45. The molecule has 2 aromatic carbocycles. The lowest BCUT2D eigenvalue weighted by Crippen LogP contribution is -2.33. The molecule has 0 aromatic heterocycles. The summed E-state index contributed by atoms with van der Waals surface area (Å²) in [7, 11) is 4.11. The zero-order valence-corrected chi connectivity index (χ0v) is 14.3. The van der Waals surface area contributed by atoms with E-state index >= 15 is 0 Å². The van der Waals surface area contributed by atoms with E-state index in [0.29, 0.717) is 0 Å². The minimum absolute atomic E-state index is 0.00632. The molecule has 1 heterocycles. The van der Waals surface area contributed by atoms with Gasteiger partial charge in [0.05, 0.1) is 11.1 Å². The van der Waals surface area contributed by atoms with E-state index in [-0.39, 0.29) is 5.41 Å². The second kappa shape index (κ2) is 5.99. The van der Waals surface area contributed by atoms with E-state index in [1.54, 1.807) is 0 Å². The van der Waals surface area contributed by atoms with Crippen LogP contribution in [0.2, 0.25) is 0 Å². The van der Waals surface area contributed by atoms with E-state index in [0.717, 1.165) is 12.1 Å². The molecule has 118 valence electrons. The normalized spacial score (nSPS) is 20.2. The predicted octanol–water partition coefficient (Wildman–Crippen LogP) is 4.20. The smallest absolute Gasteiger partial charge is 0.212 e. The number of benzene rings is 2. The molecule has 3 nitrogen and oxygen atoms in total. The van der Waals surface area contributed by atoms with Crippen molar-refractivity contribution in [3.05, 3.63) is 60.2 Å². The number of hydrazone groups is 1. The number of rotatable bonds is 4. The van der Waals surface area contributed by atoms with Crippen LogP contribution in [0.15, 0.2) is 59.7 Å². The van der Waals surface area contributed by atoms with Gasteiger partial charge in [0.2, 0.25) is 11.4 Å². The lowest BCUT2D eigenvalue weighted by atomic mass is 9.77. The highest BCUT2D eigenvalue weighted by atomic mass is 15.4. The molecule has 0 saturated heterocycles. The van der Waals surface area contributed by atoms with Crippen molar-refractivity contribution in [2.24, 2.45) is 5.10 Å². The zero-order valence-electron chi connectivity index (χ0n) is 14.3. The molecule has 0 aliphatic carbocycles. The fourth-order valence-electron chi connectivity index (χ4n) is 3.32. The molecule has 1 unspecified atom stereocenters. The Morgan fingerprint density at radius 3 is 2.43 bits per heavy atom. The molecule has 1 atom stereocenters. The second-order valence-corrected chi connectivity index (χ2v) is 6.25. The van der Waals surface area contributed by atoms with E-state index < -0.39 is 0 Å². The summed E-state index contributed by atoms with van der Waals surface area (Å²) >= 11 is 0. The number of anilines is 1.